The van der Waals surface area contributed by atoms with Gasteiger partial charge in [0.2, 0.25) is 5.91 Å². The Balaban J connectivity index is 1.73. The Bertz CT molecular complexity index is 1020. The van der Waals surface area contributed by atoms with Crippen molar-refractivity contribution in [1.82, 2.24) is 9.80 Å². The van der Waals surface area contributed by atoms with Gasteiger partial charge in [0.1, 0.15) is 6.54 Å². The van der Waals surface area contributed by atoms with Gasteiger partial charge in [-0.1, -0.05) is 55.0 Å². The summed E-state index contributed by atoms with van der Waals surface area (Å²) < 4.78 is 0. The van der Waals surface area contributed by atoms with E-state index in [0.29, 0.717) is 19.6 Å². The van der Waals surface area contributed by atoms with E-state index in [9.17, 15) is 9.59 Å². The molecule has 0 atom stereocenters. The van der Waals surface area contributed by atoms with E-state index >= 15 is 0 Å². The SMILES string of the molecule is CCCN(CC(=O)N(Cc1ccccc1)Cc1sccc1C)C(=O)Nc1ccc(C)cc1. The van der Waals surface area contributed by atoms with Crippen molar-refractivity contribution in [3.63, 3.8) is 0 Å². The van der Waals surface area contributed by atoms with Gasteiger partial charge in [0.25, 0.3) is 0 Å². The number of hydrogen-bond donors (Lipinski definition) is 1. The Morgan fingerprint density at radius 1 is 0.906 bits per heavy atom. The van der Waals surface area contributed by atoms with Crippen molar-refractivity contribution < 1.29 is 9.59 Å². The summed E-state index contributed by atoms with van der Waals surface area (Å²) in [6.45, 7) is 7.68. The highest BCUT2D eigenvalue weighted by molar-refractivity contribution is 7.10. The predicted octanol–water partition coefficient (Wildman–Crippen LogP) is 5.84. The molecule has 3 amide bonds. The molecule has 0 aliphatic carbocycles. The molecule has 2 aromatic carbocycles. The zero-order valence-electron chi connectivity index (χ0n) is 19.0. The number of carbonyl (C=O) groups is 2. The first-order valence-electron chi connectivity index (χ1n) is 10.9. The highest BCUT2D eigenvalue weighted by atomic mass is 32.1. The van der Waals surface area contributed by atoms with Crippen LogP contribution < -0.4 is 5.32 Å². The number of nitrogens with zero attached hydrogens (tertiary/aromatic N) is 2. The maximum Gasteiger partial charge on any atom is 0.322 e. The van der Waals surface area contributed by atoms with Crippen molar-refractivity contribution in [2.75, 3.05) is 18.4 Å². The lowest BCUT2D eigenvalue weighted by Gasteiger charge is -2.28. The molecule has 3 aromatic rings. The molecule has 32 heavy (non-hydrogen) atoms. The van der Waals surface area contributed by atoms with Crippen LogP contribution in [0.3, 0.4) is 0 Å². The number of carbonyl (C=O) groups excluding carboxylic acids is 2. The largest absolute Gasteiger partial charge is 0.332 e. The molecule has 0 saturated heterocycles. The maximum absolute atomic E-state index is 13.4. The second kappa shape index (κ2) is 11.5. The number of aryl methyl sites for hydroxylation is 2. The lowest BCUT2D eigenvalue weighted by Crippen LogP contribution is -2.44. The van der Waals surface area contributed by atoms with E-state index in [2.05, 4.69) is 18.3 Å². The van der Waals surface area contributed by atoms with Crippen LogP contribution in [0.5, 0.6) is 0 Å². The van der Waals surface area contributed by atoms with Crippen LogP contribution >= 0.6 is 11.3 Å². The Hall–Kier alpha value is -3.12. The highest BCUT2D eigenvalue weighted by Gasteiger charge is 2.22. The van der Waals surface area contributed by atoms with E-state index in [1.807, 2.05) is 78.7 Å². The number of thiophene rings is 1. The third-order valence-electron chi connectivity index (χ3n) is 5.28. The standard InChI is InChI=1S/C26H31N3O2S/c1-4-15-28(26(31)27-23-12-10-20(2)11-13-23)19-25(30)29(17-22-8-6-5-7-9-22)18-24-21(3)14-16-32-24/h5-14,16H,4,15,17-19H2,1-3H3,(H,27,31). The minimum absolute atomic E-state index is 0.0444. The predicted molar refractivity (Wildman–Crippen MR) is 132 cm³/mol. The molecule has 0 aliphatic rings. The van der Waals surface area contributed by atoms with Crippen LogP contribution in [0.1, 0.15) is 34.9 Å². The van der Waals surface area contributed by atoms with Gasteiger partial charge in [0, 0.05) is 23.7 Å². The zero-order chi connectivity index (χ0) is 22.9. The van der Waals surface area contributed by atoms with Crippen LogP contribution in [0.15, 0.2) is 66.0 Å². The van der Waals surface area contributed by atoms with Crippen LogP contribution in [-0.4, -0.2) is 34.8 Å². The van der Waals surface area contributed by atoms with Crippen LogP contribution in [0.25, 0.3) is 0 Å². The number of nitrogens with one attached hydrogen (secondary N) is 1. The Morgan fingerprint density at radius 3 is 2.25 bits per heavy atom. The van der Waals surface area contributed by atoms with Crippen LogP contribution in [-0.2, 0) is 17.9 Å². The molecule has 0 aliphatic heterocycles. The minimum Gasteiger partial charge on any atom is -0.332 e. The van der Waals surface area contributed by atoms with Crippen molar-refractivity contribution in [1.29, 1.82) is 0 Å². The molecule has 1 aromatic heterocycles. The average Bonchev–Trinajstić information content (AvgIpc) is 3.19. The topological polar surface area (TPSA) is 52.7 Å². The lowest BCUT2D eigenvalue weighted by molar-refractivity contribution is -0.133. The van der Waals surface area contributed by atoms with Gasteiger partial charge in [0.05, 0.1) is 6.54 Å². The molecule has 0 saturated carbocycles. The summed E-state index contributed by atoms with van der Waals surface area (Å²) in [5.74, 6) is -0.0610. The van der Waals surface area contributed by atoms with Crippen molar-refractivity contribution in [2.45, 2.75) is 40.3 Å². The van der Waals surface area contributed by atoms with Gasteiger partial charge in [0.15, 0.2) is 0 Å². The summed E-state index contributed by atoms with van der Waals surface area (Å²) in [6, 6.07) is 19.5. The summed E-state index contributed by atoms with van der Waals surface area (Å²) in [6.07, 6.45) is 0.775. The fourth-order valence-corrected chi connectivity index (χ4v) is 4.32. The van der Waals surface area contributed by atoms with Crippen LogP contribution in [0.4, 0.5) is 10.5 Å². The molecule has 0 spiro atoms. The zero-order valence-corrected chi connectivity index (χ0v) is 19.8. The highest BCUT2D eigenvalue weighted by Crippen LogP contribution is 2.20. The van der Waals surface area contributed by atoms with E-state index in [-0.39, 0.29) is 18.5 Å². The van der Waals surface area contributed by atoms with E-state index < -0.39 is 0 Å². The third-order valence-corrected chi connectivity index (χ3v) is 6.29. The second-order valence-electron chi connectivity index (χ2n) is 7.98. The van der Waals surface area contributed by atoms with Gasteiger partial charge in [-0.15, -0.1) is 11.3 Å². The number of anilines is 1. The lowest BCUT2D eigenvalue weighted by atomic mass is 10.2. The van der Waals surface area contributed by atoms with Crippen molar-refractivity contribution >= 4 is 29.0 Å². The molecule has 0 fully saturated rings. The molecule has 1 N–H and O–H groups in total. The molecular weight excluding hydrogens is 418 g/mol. The summed E-state index contributed by atoms with van der Waals surface area (Å²) in [5, 5.41) is 4.97. The van der Waals surface area contributed by atoms with Gasteiger partial charge >= 0.3 is 6.03 Å². The molecule has 6 heteroatoms. The molecule has 0 radical (unpaired) electrons. The third kappa shape index (κ3) is 6.69. The molecule has 1 heterocycles. The fourth-order valence-electron chi connectivity index (χ4n) is 3.40. The van der Waals surface area contributed by atoms with E-state index in [0.717, 1.165) is 23.2 Å². The van der Waals surface area contributed by atoms with Gasteiger partial charge < -0.3 is 15.1 Å². The molecule has 0 bridgehead atoms. The van der Waals surface area contributed by atoms with Gasteiger partial charge in [-0.25, -0.2) is 4.79 Å². The molecule has 5 nitrogen and oxygen atoms in total. The minimum atomic E-state index is -0.254. The van der Waals surface area contributed by atoms with Crippen molar-refractivity contribution in [3.05, 3.63) is 87.6 Å². The smallest absolute Gasteiger partial charge is 0.322 e. The quantitative estimate of drug-likeness (QED) is 0.446. The maximum atomic E-state index is 13.4. The first-order valence-corrected chi connectivity index (χ1v) is 11.8. The average molecular weight is 450 g/mol. The number of urea groups is 1. The van der Waals surface area contributed by atoms with Crippen LogP contribution in [0, 0.1) is 13.8 Å². The molecule has 0 unspecified atom stereocenters. The summed E-state index contributed by atoms with van der Waals surface area (Å²) in [5.41, 5.74) is 4.11. The number of rotatable bonds is 9. The fraction of sp³-hybridized carbons (Fsp3) is 0.308. The van der Waals surface area contributed by atoms with Crippen molar-refractivity contribution in [2.24, 2.45) is 0 Å². The van der Waals surface area contributed by atoms with Crippen molar-refractivity contribution in [3.8, 4) is 0 Å². The van der Waals surface area contributed by atoms with Crippen LogP contribution in [0.2, 0.25) is 0 Å². The first-order chi connectivity index (χ1) is 15.5. The van der Waals surface area contributed by atoms with E-state index in [1.165, 1.54) is 10.4 Å². The monoisotopic (exact) mass is 449 g/mol. The Labute approximate surface area is 194 Å². The van der Waals surface area contributed by atoms with E-state index in [1.54, 1.807) is 16.2 Å². The van der Waals surface area contributed by atoms with E-state index in [4.69, 9.17) is 0 Å². The first kappa shape index (κ1) is 23.5. The molecular formula is C26H31N3O2S. The molecule has 3 rings (SSSR count). The Morgan fingerprint density at radius 2 is 1.62 bits per heavy atom. The molecule has 168 valence electrons. The van der Waals surface area contributed by atoms with Gasteiger partial charge in [-0.2, -0.15) is 0 Å². The Kier molecular flexibility index (Phi) is 8.45. The number of amides is 3. The number of hydrogen-bond acceptors (Lipinski definition) is 3. The second-order valence-corrected chi connectivity index (χ2v) is 8.98. The van der Waals surface area contributed by atoms with Gasteiger partial charge in [-0.05, 0) is 55.0 Å². The number of benzene rings is 2. The summed E-state index contributed by atoms with van der Waals surface area (Å²) in [7, 11) is 0. The normalized spacial score (nSPS) is 10.6. The summed E-state index contributed by atoms with van der Waals surface area (Å²) in [4.78, 5) is 30.9. The van der Waals surface area contributed by atoms with Gasteiger partial charge in [-0.3, -0.25) is 4.79 Å². The summed E-state index contributed by atoms with van der Waals surface area (Å²) >= 11 is 1.66.